The van der Waals surface area contributed by atoms with Gasteiger partial charge in [-0.05, 0) is 35.7 Å². The van der Waals surface area contributed by atoms with Crippen LogP contribution in [-0.4, -0.2) is 51.9 Å². The SMILES string of the molecule is CC(C)c1c(C(=O)Nc2cccc(CN3CCOCC3)c2)cnn1-c1ccc(C(F)(F)F)cn1. The summed E-state index contributed by atoms with van der Waals surface area (Å²) in [5, 5.41) is 7.17. The number of amides is 1. The summed E-state index contributed by atoms with van der Waals surface area (Å²) in [6.07, 6.45) is -2.29. The summed E-state index contributed by atoms with van der Waals surface area (Å²) in [6.45, 7) is 7.70. The van der Waals surface area contributed by atoms with Gasteiger partial charge in [0.1, 0.15) is 0 Å². The zero-order chi connectivity index (χ0) is 24.3. The smallest absolute Gasteiger partial charge is 0.379 e. The maximum atomic E-state index is 13.1. The minimum atomic E-state index is -4.47. The largest absolute Gasteiger partial charge is 0.417 e. The molecule has 1 N–H and O–H groups in total. The number of aromatic nitrogens is 3. The third-order valence-corrected chi connectivity index (χ3v) is 5.58. The summed E-state index contributed by atoms with van der Waals surface area (Å²) in [5.41, 5.74) is 1.80. The fourth-order valence-corrected chi connectivity index (χ4v) is 3.91. The minimum Gasteiger partial charge on any atom is -0.379 e. The fraction of sp³-hybridized carbons (Fsp3) is 0.375. The Labute approximate surface area is 195 Å². The summed E-state index contributed by atoms with van der Waals surface area (Å²) in [5.74, 6) is -0.256. The average Bonchev–Trinajstić information content (AvgIpc) is 3.25. The first-order chi connectivity index (χ1) is 16.2. The molecule has 1 amide bonds. The number of halogens is 3. The molecule has 0 bridgehead atoms. The predicted molar refractivity (Wildman–Crippen MR) is 121 cm³/mol. The number of ether oxygens (including phenoxy) is 1. The lowest BCUT2D eigenvalue weighted by atomic mass is 10.0. The first-order valence-electron chi connectivity index (χ1n) is 11.0. The molecule has 0 radical (unpaired) electrons. The van der Waals surface area contributed by atoms with Gasteiger partial charge in [-0.3, -0.25) is 9.69 Å². The van der Waals surface area contributed by atoms with E-state index in [2.05, 4.69) is 20.3 Å². The average molecular weight is 473 g/mol. The van der Waals surface area contributed by atoms with Crippen LogP contribution in [0.1, 0.15) is 46.9 Å². The van der Waals surface area contributed by atoms with E-state index in [-0.39, 0.29) is 17.6 Å². The number of rotatable bonds is 6. The van der Waals surface area contributed by atoms with Gasteiger partial charge in [-0.2, -0.15) is 18.3 Å². The summed E-state index contributed by atoms with van der Waals surface area (Å²) in [4.78, 5) is 19.3. The van der Waals surface area contributed by atoms with E-state index in [0.29, 0.717) is 30.2 Å². The lowest BCUT2D eigenvalue weighted by Crippen LogP contribution is -2.35. The van der Waals surface area contributed by atoms with Crippen molar-refractivity contribution in [2.75, 3.05) is 31.6 Å². The molecule has 0 aliphatic carbocycles. The van der Waals surface area contributed by atoms with Crippen LogP contribution >= 0.6 is 0 Å². The summed E-state index contributed by atoms with van der Waals surface area (Å²) < 4.78 is 45.4. The molecule has 0 atom stereocenters. The number of benzene rings is 1. The van der Waals surface area contributed by atoms with E-state index < -0.39 is 11.7 Å². The van der Waals surface area contributed by atoms with Crippen LogP contribution in [0.4, 0.5) is 18.9 Å². The number of anilines is 1. The van der Waals surface area contributed by atoms with E-state index in [1.54, 1.807) is 0 Å². The second kappa shape index (κ2) is 9.94. The Kier molecular flexibility index (Phi) is 6.99. The molecule has 0 saturated carbocycles. The maximum Gasteiger partial charge on any atom is 0.417 e. The van der Waals surface area contributed by atoms with Crippen LogP contribution < -0.4 is 5.32 Å². The lowest BCUT2D eigenvalue weighted by molar-refractivity contribution is -0.137. The number of carbonyl (C=O) groups excluding carboxylic acids is 1. The van der Waals surface area contributed by atoms with Gasteiger partial charge in [0.2, 0.25) is 0 Å². The topological polar surface area (TPSA) is 72.3 Å². The van der Waals surface area contributed by atoms with E-state index in [4.69, 9.17) is 4.74 Å². The first kappa shape index (κ1) is 23.9. The van der Waals surface area contributed by atoms with Crippen molar-refractivity contribution in [2.45, 2.75) is 32.5 Å². The molecular formula is C24H26F3N5O2. The molecule has 180 valence electrons. The van der Waals surface area contributed by atoms with Gasteiger partial charge in [-0.25, -0.2) is 9.67 Å². The van der Waals surface area contributed by atoms with Crippen LogP contribution in [0, 0.1) is 0 Å². The van der Waals surface area contributed by atoms with Crippen LogP contribution in [0.2, 0.25) is 0 Å². The number of nitrogens with one attached hydrogen (secondary N) is 1. The second-order valence-corrected chi connectivity index (χ2v) is 8.46. The van der Waals surface area contributed by atoms with Crippen molar-refractivity contribution in [1.29, 1.82) is 0 Å². The Balaban J connectivity index is 1.54. The van der Waals surface area contributed by atoms with E-state index in [9.17, 15) is 18.0 Å². The highest BCUT2D eigenvalue weighted by molar-refractivity contribution is 6.05. The number of hydrogen-bond acceptors (Lipinski definition) is 5. The Morgan fingerprint density at radius 3 is 2.56 bits per heavy atom. The molecule has 34 heavy (non-hydrogen) atoms. The summed E-state index contributed by atoms with van der Waals surface area (Å²) in [6, 6.07) is 9.86. The molecule has 1 saturated heterocycles. The Hall–Kier alpha value is -3.24. The maximum absolute atomic E-state index is 13.1. The monoisotopic (exact) mass is 473 g/mol. The number of alkyl halides is 3. The van der Waals surface area contributed by atoms with Gasteiger partial charge >= 0.3 is 6.18 Å². The van der Waals surface area contributed by atoms with E-state index in [0.717, 1.165) is 37.5 Å². The minimum absolute atomic E-state index is 0.125. The van der Waals surface area contributed by atoms with Gasteiger partial charge in [0.05, 0.1) is 36.2 Å². The molecule has 0 spiro atoms. The highest BCUT2D eigenvalue weighted by Gasteiger charge is 2.31. The van der Waals surface area contributed by atoms with Gasteiger partial charge in [0.25, 0.3) is 5.91 Å². The molecular weight excluding hydrogens is 447 g/mol. The molecule has 4 rings (SSSR count). The Morgan fingerprint density at radius 1 is 1.15 bits per heavy atom. The first-order valence-corrected chi connectivity index (χ1v) is 11.0. The summed E-state index contributed by atoms with van der Waals surface area (Å²) in [7, 11) is 0. The van der Waals surface area contributed by atoms with Crippen molar-refractivity contribution in [3.63, 3.8) is 0 Å². The van der Waals surface area contributed by atoms with Gasteiger partial charge in [0, 0.05) is 31.5 Å². The van der Waals surface area contributed by atoms with Crippen molar-refractivity contribution in [3.8, 4) is 5.82 Å². The number of morpholine rings is 1. The van der Waals surface area contributed by atoms with Crippen molar-refractivity contribution in [3.05, 3.63) is 71.2 Å². The molecule has 1 aromatic carbocycles. The van der Waals surface area contributed by atoms with Crippen LogP contribution in [0.3, 0.4) is 0 Å². The molecule has 2 aromatic heterocycles. The van der Waals surface area contributed by atoms with Gasteiger partial charge in [-0.15, -0.1) is 0 Å². The van der Waals surface area contributed by atoms with Crippen molar-refractivity contribution < 1.29 is 22.7 Å². The molecule has 1 aliphatic heterocycles. The zero-order valence-corrected chi connectivity index (χ0v) is 19.0. The van der Waals surface area contributed by atoms with E-state index >= 15 is 0 Å². The molecule has 1 aliphatic rings. The van der Waals surface area contributed by atoms with E-state index in [1.807, 2.05) is 38.1 Å². The molecule has 0 unspecified atom stereocenters. The van der Waals surface area contributed by atoms with Crippen molar-refractivity contribution >= 4 is 11.6 Å². The predicted octanol–water partition coefficient (Wildman–Crippen LogP) is 4.49. The molecule has 3 aromatic rings. The van der Waals surface area contributed by atoms with Crippen molar-refractivity contribution in [2.24, 2.45) is 0 Å². The van der Waals surface area contributed by atoms with Crippen molar-refractivity contribution in [1.82, 2.24) is 19.7 Å². The molecule has 10 heteroatoms. The quantitative estimate of drug-likeness (QED) is 0.571. The van der Waals surface area contributed by atoms with Crippen LogP contribution in [0.25, 0.3) is 5.82 Å². The third-order valence-electron chi connectivity index (χ3n) is 5.58. The number of carbonyl (C=O) groups is 1. The lowest BCUT2D eigenvalue weighted by Gasteiger charge is -2.26. The number of hydrogen-bond donors (Lipinski definition) is 1. The zero-order valence-electron chi connectivity index (χ0n) is 19.0. The van der Waals surface area contributed by atoms with Gasteiger partial charge < -0.3 is 10.1 Å². The third kappa shape index (κ3) is 5.45. The van der Waals surface area contributed by atoms with Crippen LogP contribution in [0.15, 0.2) is 48.8 Å². The fourth-order valence-electron chi connectivity index (χ4n) is 3.91. The number of pyridine rings is 1. The highest BCUT2D eigenvalue weighted by Crippen LogP contribution is 2.29. The van der Waals surface area contributed by atoms with E-state index in [1.165, 1.54) is 16.9 Å². The number of nitrogens with zero attached hydrogens (tertiary/aromatic N) is 4. The van der Waals surface area contributed by atoms with Crippen LogP contribution in [0.5, 0.6) is 0 Å². The Bertz CT molecular complexity index is 1140. The molecule has 3 heterocycles. The Morgan fingerprint density at radius 2 is 1.91 bits per heavy atom. The van der Waals surface area contributed by atoms with Crippen LogP contribution in [-0.2, 0) is 17.5 Å². The highest BCUT2D eigenvalue weighted by atomic mass is 19.4. The van der Waals surface area contributed by atoms with Gasteiger partial charge in [-0.1, -0.05) is 26.0 Å². The summed E-state index contributed by atoms with van der Waals surface area (Å²) >= 11 is 0. The normalized spacial score (nSPS) is 15.0. The van der Waals surface area contributed by atoms with Gasteiger partial charge in [0.15, 0.2) is 5.82 Å². The standard InChI is InChI=1S/C24H26F3N5O2/c1-16(2)22-20(14-29-32(22)21-7-6-18(13-28-21)24(25,26)27)23(33)30-19-5-3-4-17(12-19)15-31-8-10-34-11-9-31/h3-7,12-14,16H,8-11,15H2,1-2H3,(H,30,33). The molecule has 7 nitrogen and oxygen atoms in total. The second-order valence-electron chi connectivity index (χ2n) is 8.46. The molecule has 1 fully saturated rings.